The third kappa shape index (κ3) is 6.96. The lowest BCUT2D eigenvalue weighted by Gasteiger charge is -2.36. The van der Waals surface area contributed by atoms with E-state index in [1.54, 1.807) is 0 Å². The molecule has 1 unspecified atom stereocenters. The fraction of sp³-hybridized carbons (Fsp3) is 0.680. The van der Waals surface area contributed by atoms with Crippen LogP contribution in [0.3, 0.4) is 0 Å². The maximum absolute atomic E-state index is 12.8. The van der Waals surface area contributed by atoms with E-state index in [-0.39, 0.29) is 17.7 Å². The van der Waals surface area contributed by atoms with Crippen molar-refractivity contribution in [3.05, 3.63) is 29.8 Å². The fourth-order valence-electron chi connectivity index (χ4n) is 4.56. The summed E-state index contributed by atoms with van der Waals surface area (Å²) in [6, 6.07) is 8.71. The highest BCUT2D eigenvalue weighted by Crippen LogP contribution is 2.25. The summed E-state index contributed by atoms with van der Waals surface area (Å²) in [4.78, 5) is 32.1. The van der Waals surface area contributed by atoms with Gasteiger partial charge in [0.1, 0.15) is 0 Å². The largest absolute Gasteiger partial charge is 0.371 e. The second-order valence-electron chi connectivity index (χ2n) is 9.03. The summed E-state index contributed by atoms with van der Waals surface area (Å²) in [5.41, 5.74) is 1.70. The molecule has 0 bridgehead atoms. The van der Waals surface area contributed by atoms with Crippen molar-refractivity contribution in [2.24, 2.45) is 5.92 Å². The molecular weight excluding hydrogens is 388 g/mol. The molecule has 0 aliphatic carbocycles. The van der Waals surface area contributed by atoms with Crippen LogP contribution in [0.4, 0.5) is 5.69 Å². The van der Waals surface area contributed by atoms with Crippen molar-refractivity contribution in [3.63, 3.8) is 0 Å². The monoisotopic (exact) mass is 430 g/mol. The summed E-state index contributed by atoms with van der Waals surface area (Å²) in [7, 11) is 0. The fourth-order valence-corrected chi connectivity index (χ4v) is 4.56. The second kappa shape index (κ2) is 12.1. The molecule has 1 atom stereocenters. The first-order chi connectivity index (χ1) is 14.8. The Morgan fingerprint density at radius 2 is 1.81 bits per heavy atom. The zero-order valence-corrected chi connectivity index (χ0v) is 20.4. The number of benzene rings is 1. The minimum Gasteiger partial charge on any atom is -0.371 e. The Morgan fingerprint density at radius 3 is 2.42 bits per heavy atom. The maximum atomic E-state index is 12.8. The summed E-state index contributed by atoms with van der Waals surface area (Å²) < 4.78 is 0. The van der Waals surface area contributed by atoms with E-state index in [0.29, 0.717) is 24.2 Å². The molecule has 6 nitrogen and oxygen atoms in total. The predicted octanol–water partition coefficient (Wildman–Crippen LogP) is 3.62. The Morgan fingerprint density at radius 1 is 1.13 bits per heavy atom. The van der Waals surface area contributed by atoms with Gasteiger partial charge in [-0.3, -0.25) is 14.5 Å². The molecule has 1 aliphatic heterocycles. The summed E-state index contributed by atoms with van der Waals surface area (Å²) in [6.07, 6.45) is 1.93. The van der Waals surface area contributed by atoms with Gasteiger partial charge in [-0.05, 0) is 72.6 Å². The Hall–Kier alpha value is -2.08. The van der Waals surface area contributed by atoms with Crippen molar-refractivity contribution in [1.82, 2.24) is 15.1 Å². The van der Waals surface area contributed by atoms with E-state index in [2.05, 4.69) is 42.8 Å². The predicted molar refractivity (Wildman–Crippen MR) is 129 cm³/mol. The lowest BCUT2D eigenvalue weighted by atomic mass is 9.95. The Labute approximate surface area is 189 Å². The molecule has 2 rings (SSSR count). The lowest BCUT2D eigenvalue weighted by molar-refractivity contribution is -0.135. The number of amides is 2. The molecular formula is C25H42N4O2. The molecule has 0 spiro atoms. The van der Waals surface area contributed by atoms with Gasteiger partial charge in [0, 0.05) is 62.6 Å². The van der Waals surface area contributed by atoms with Gasteiger partial charge in [0.05, 0.1) is 5.92 Å². The molecule has 2 amide bonds. The molecule has 1 aromatic rings. The van der Waals surface area contributed by atoms with E-state index < -0.39 is 0 Å². The molecule has 1 saturated heterocycles. The highest BCUT2D eigenvalue weighted by molar-refractivity contribution is 5.95. The third-order valence-corrected chi connectivity index (χ3v) is 6.30. The molecule has 6 heteroatoms. The average molecular weight is 431 g/mol. The molecule has 1 N–H and O–H groups in total. The van der Waals surface area contributed by atoms with Crippen LogP contribution in [0.1, 0.15) is 64.7 Å². The van der Waals surface area contributed by atoms with Gasteiger partial charge in [-0.1, -0.05) is 6.07 Å². The second-order valence-corrected chi connectivity index (χ2v) is 9.03. The highest BCUT2D eigenvalue weighted by atomic mass is 16.2. The Kier molecular flexibility index (Phi) is 9.82. The zero-order valence-electron chi connectivity index (χ0n) is 20.4. The van der Waals surface area contributed by atoms with Crippen molar-refractivity contribution in [1.29, 1.82) is 0 Å². The van der Waals surface area contributed by atoms with Gasteiger partial charge < -0.3 is 15.1 Å². The Balaban J connectivity index is 1.99. The molecule has 0 aromatic heterocycles. The van der Waals surface area contributed by atoms with Gasteiger partial charge in [0.25, 0.3) is 5.91 Å². The molecule has 1 aliphatic rings. The quantitative estimate of drug-likeness (QED) is 0.616. The first kappa shape index (κ1) is 25.2. The molecule has 1 heterocycles. The highest BCUT2D eigenvalue weighted by Gasteiger charge is 2.28. The number of carbonyl (C=O) groups is 2. The molecule has 1 fully saturated rings. The number of piperidine rings is 1. The Bertz CT molecular complexity index is 707. The van der Waals surface area contributed by atoms with Crippen molar-refractivity contribution >= 4 is 17.5 Å². The summed E-state index contributed by atoms with van der Waals surface area (Å²) in [6.45, 7) is 17.4. The van der Waals surface area contributed by atoms with Crippen LogP contribution < -0.4 is 10.2 Å². The molecule has 0 saturated carbocycles. The van der Waals surface area contributed by atoms with E-state index >= 15 is 0 Å². The first-order valence-corrected chi connectivity index (χ1v) is 12.0. The SMILES string of the molecule is CCN(CC)C(=O)C1CCCN(c2cccc(C(=O)NCCN(C(C)C)C(C)C)c2)C1. The van der Waals surface area contributed by atoms with Gasteiger partial charge in [-0.2, -0.15) is 0 Å². The van der Waals surface area contributed by atoms with Gasteiger partial charge in [-0.25, -0.2) is 0 Å². The summed E-state index contributed by atoms with van der Waals surface area (Å²) >= 11 is 0. The standard InChI is InChI=1S/C25H42N4O2/c1-7-27(8-2)25(31)22-12-10-15-28(18-22)23-13-9-11-21(17-23)24(30)26-14-16-29(19(3)4)20(5)6/h9,11,13,17,19-20,22H,7-8,10,12,14-16,18H2,1-6H3,(H,26,30). The van der Waals surface area contributed by atoms with Crippen molar-refractivity contribution in [2.75, 3.05) is 44.2 Å². The van der Waals surface area contributed by atoms with Crippen LogP contribution in [0.2, 0.25) is 0 Å². The van der Waals surface area contributed by atoms with Crippen molar-refractivity contribution in [2.45, 2.75) is 66.5 Å². The van der Waals surface area contributed by atoms with Gasteiger partial charge in [0.15, 0.2) is 0 Å². The normalized spacial score (nSPS) is 16.8. The minimum absolute atomic E-state index is 0.0317. The van der Waals surface area contributed by atoms with Crippen LogP contribution in [0.5, 0.6) is 0 Å². The number of anilines is 1. The number of nitrogens with one attached hydrogen (secondary N) is 1. The van der Waals surface area contributed by atoms with E-state index in [9.17, 15) is 9.59 Å². The van der Waals surface area contributed by atoms with Crippen LogP contribution in [-0.4, -0.2) is 73.0 Å². The van der Waals surface area contributed by atoms with Gasteiger partial charge >= 0.3 is 0 Å². The molecule has 174 valence electrons. The number of carbonyl (C=O) groups excluding carboxylic acids is 2. The summed E-state index contributed by atoms with van der Waals surface area (Å²) in [5, 5.41) is 3.07. The smallest absolute Gasteiger partial charge is 0.251 e. The third-order valence-electron chi connectivity index (χ3n) is 6.30. The van der Waals surface area contributed by atoms with Crippen molar-refractivity contribution < 1.29 is 9.59 Å². The van der Waals surface area contributed by atoms with Crippen LogP contribution in [0.25, 0.3) is 0 Å². The first-order valence-electron chi connectivity index (χ1n) is 12.0. The van der Waals surface area contributed by atoms with Crippen LogP contribution in [-0.2, 0) is 4.79 Å². The van der Waals surface area contributed by atoms with Gasteiger partial charge in [-0.15, -0.1) is 0 Å². The number of hydrogen-bond acceptors (Lipinski definition) is 4. The molecule has 0 radical (unpaired) electrons. The lowest BCUT2D eigenvalue weighted by Crippen LogP contribution is -2.45. The van der Waals surface area contributed by atoms with E-state index in [0.717, 1.165) is 51.3 Å². The van der Waals surface area contributed by atoms with E-state index in [1.807, 2.05) is 43.0 Å². The van der Waals surface area contributed by atoms with Crippen LogP contribution in [0, 0.1) is 5.92 Å². The average Bonchev–Trinajstić information content (AvgIpc) is 2.77. The molecule has 31 heavy (non-hydrogen) atoms. The summed E-state index contributed by atoms with van der Waals surface area (Å²) in [5.74, 6) is 0.245. The van der Waals surface area contributed by atoms with Crippen LogP contribution >= 0.6 is 0 Å². The van der Waals surface area contributed by atoms with Crippen molar-refractivity contribution in [3.8, 4) is 0 Å². The van der Waals surface area contributed by atoms with E-state index in [4.69, 9.17) is 0 Å². The van der Waals surface area contributed by atoms with Gasteiger partial charge in [0.2, 0.25) is 5.91 Å². The van der Waals surface area contributed by atoms with Crippen LogP contribution in [0.15, 0.2) is 24.3 Å². The topological polar surface area (TPSA) is 55.9 Å². The number of hydrogen-bond donors (Lipinski definition) is 1. The number of rotatable bonds is 10. The van der Waals surface area contributed by atoms with E-state index in [1.165, 1.54) is 0 Å². The molecule has 1 aromatic carbocycles. The number of nitrogens with zero attached hydrogens (tertiary/aromatic N) is 3. The zero-order chi connectivity index (χ0) is 23.0. The minimum atomic E-state index is -0.0397. The maximum Gasteiger partial charge on any atom is 0.251 e.